The molecule has 0 fully saturated rings. The molecule has 0 aliphatic carbocycles. The zero-order valence-electron chi connectivity index (χ0n) is 13.2. The first-order valence-corrected chi connectivity index (χ1v) is 6.96. The van der Waals surface area contributed by atoms with Crippen molar-refractivity contribution >= 4 is 30.7 Å². The Morgan fingerprint density at radius 1 is 1.43 bits per heavy atom. The number of hydrogen-bond acceptors (Lipinski definition) is 3. The highest BCUT2D eigenvalue weighted by Gasteiger charge is 2.19. The van der Waals surface area contributed by atoms with Crippen LogP contribution in [0.15, 0.2) is 12.4 Å². The van der Waals surface area contributed by atoms with E-state index in [2.05, 4.69) is 21.8 Å². The second-order valence-corrected chi connectivity index (χ2v) is 5.39. The van der Waals surface area contributed by atoms with Crippen molar-refractivity contribution in [2.75, 3.05) is 6.54 Å². The van der Waals surface area contributed by atoms with E-state index in [1.54, 1.807) is 6.20 Å². The van der Waals surface area contributed by atoms with Gasteiger partial charge >= 0.3 is 0 Å². The average Bonchev–Trinajstić information content (AvgIpc) is 2.79. The lowest BCUT2D eigenvalue weighted by molar-refractivity contribution is -0.123. The smallest absolute Gasteiger partial charge is 0.237 e. The fraction of sp³-hybridized carbons (Fsp3) is 0.714. The summed E-state index contributed by atoms with van der Waals surface area (Å²) in [5.41, 5.74) is 5.89. The second kappa shape index (κ2) is 10.9. The molecule has 0 radical (unpaired) electrons. The third-order valence-electron chi connectivity index (χ3n) is 3.62. The summed E-state index contributed by atoms with van der Waals surface area (Å²) in [6, 6.07) is -0.410. The van der Waals surface area contributed by atoms with Gasteiger partial charge in [-0.15, -0.1) is 24.8 Å². The van der Waals surface area contributed by atoms with Gasteiger partial charge < -0.3 is 15.6 Å². The molecule has 1 aromatic heterocycles. The van der Waals surface area contributed by atoms with Crippen molar-refractivity contribution in [1.29, 1.82) is 0 Å². The van der Waals surface area contributed by atoms with E-state index >= 15 is 0 Å². The van der Waals surface area contributed by atoms with Crippen LogP contribution < -0.4 is 11.1 Å². The van der Waals surface area contributed by atoms with Crippen molar-refractivity contribution < 1.29 is 4.79 Å². The van der Waals surface area contributed by atoms with Gasteiger partial charge in [0.1, 0.15) is 5.82 Å². The van der Waals surface area contributed by atoms with Crippen LogP contribution >= 0.6 is 24.8 Å². The molecule has 7 heteroatoms. The summed E-state index contributed by atoms with van der Waals surface area (Å²) in [4.78, 5) is 16.0. The number of imidazole rings is 1. The maximum atomic E-state index is 11.9. The first-order chi connectivity index (χ1) is 8.95. The molecule has 0 aliphatic rings. The molecule has 1 aromatic rings. The number of carbonyl (C=O) groups excluding carboxylic acids is 1. The molecule has 1 rings (SSSR count). The number of nitrogens with one attached hydrogen (secondary N) is 1. The highest BCUT2D eigenvalue weighted by atomic mass is 35.5. The molecule has 21 heavy (non-hydrogen) atoms. The molecule has 0 aromatic carbocycles. The van der Waals surface area contributed by atoms with E-state index in [0.29, 0.717) is 12.5 Å². The third-order valence-corrected chi connectivity index (χ3v) is 3.62. The Labute approximate surface area is 139 Å². The molecule has 3 atom stereocenters. The van der Waals surface area contributed by atoms with Crippen LogP contribution in [0.2, 0.25) is 0 Å². The summed E-state index contributed by atoms with van der Waals surface area (Å²) >= 11 is 0. The van der Waals surface area contributed by atoms with Gasteiger partial charge in [-0.1, -0.05) is 27.2 Å². The van der Waals surface area contributed by atoms with Gasteiger partial charge in [0, 0.05) is 25.5 Å². The van der Waals surface area contributed by atoms with Crippen LogP contribution in [0.5, 0.6) is 0 Å². The van der Waals surface area contributed by atoms with Gasteiger partial charge in [-0.2, -0.15) is 0 Å². The lowest BCUT2D eigenvalue weighted by atomic mass is 9.99. The number of rotatable bonds is 7. The fourth-order valence-corrected chi connectivity index (χ4v) is 1.90. The highest BCUT2D eigenvalue weighted by Crippen LogP contribution is 2.06. The first-order valence-electron chi connectivity index (χ1n) is 6.96. The summed E-state index contributed by atoms with van der Waals surface area (Å²) in [5.74, 6) is 1.50. The standard InChI is InChI=1S/C14H26N4O.2ClH/c1-5-11(3)13(15)14(19)17-8-10(2)9-18-7-6-16-12(18)4;;/h6-7,10-11,13H,5,8-9,15H2,1-4H3,(H,17,19);2*1H. The fourth-order valence-electron chi connectivity index (χ4n) is 1.90. The first kappa shape index (κ1) is 22.5. The van der Waals surface area contributed by atoms with Gasteiger partial charge in [0.05, 0.1) is 6.04 Å². The Morgan fingerprint density at radius 2 is 2.05 bits per heavy atom. The summed E-state index contributed by atoms with van der Waals surface area (Å²) in [6.07, 6.45) is 4.66. The third kappa shape index (κ3) is 7.16. The maximum absolute atomic E-state index is 11.9. The maximum Gasteiger partial charge on any atom is 0.237 e. The lowest BCUT2D eigenvalue weighted by Gasteiger charge is -2.20. The van der Waals surface area contributed by atoms with Crippen LogP contribution in [0.25, 0.3) is 0 Å². The van der Waals surface area contributed by atoms with Crippen LogP contribution in [0, 0.1) is 18.8 Å². The van der Waals surface area contributed by atoms with E-state index in [-0.39, 0.29) is 36.6 Å². The van der Waals surface area contributed by atoms with E-state index in [9.17, 15) is 4.79 Å². The summed E-state index contributed by atoms with van der Waals surface area (Å²) < 4.78 is 2.09. The Balaban J connectivity index is 0. The molecule has 0 saturated heterocycles. The number of aromatic nitrogens is 2. The number of amides is 1. The molecule has 3 unspecified atom stereocenters. The molecule has 0 aliphatic heterocycles. The van der Waals surface area contributed by atoms with Crippen LogP contribution in [0.4, 0.5) is 0 Å². The van der Waals surface area contributed by atoms with Crippen molar-refractivity contribution in [2.45, 2.75) is 46.7 Å². The molecule has 1 heterocycles. The number of halogens is 2. The molecule has 5 nitrogen and oxygen atoms in total. The van der Waals surface area contributed by atoms with Crippen molar-refractivity contribution in [3.8, 4) is 0 Å². The van der Waals surface area contributed by atoms with Crippen molar-refractivity contribution in [3.63, 3.8) is 0 Å². The van der Waals surface area contributed by atoms with E-state index in [4.69, 9.17) is 5.73 Å². The Kier molecular flexibility index (Phi) is 11.7. The van der Waals surface area contributed by atoms with Crippen LogP contribution in [-0.4, -0.2) is 28.0 Å². The quantitative estimate of drug-likeness (QED) is 0.800. The molecule has 0 spiro atoms. The highest BCUT2D eigenvalue weighted by molar-refractivity contribution is 5.85. The molecule has 3 N–H and O–H groups in total. The molecular formula is C14H28Cl2N4O. The van der Waals surface area contributed by atoms with Crippen molar-refractivity contribution in [1.82, 2.24) is 14.9 Å². The van der Waals surface area contributed by atoms with E-state index < -0.39 is 6.04 Å². The van der Waals surface area contributed by atoms with Crippen LogP contribution in [0.1, 0.15) is 33.0 Å². The van der Waals surface area contributed by atoms with Crippen molar-refractivity contribution in [2.24, 2.45) is 17.6 Å². The Hall–Kier alpha value is -0.780. The molecule has 0 saturated carbocycles. The minimum absolute atomic E-state index is 0. The Bertz CT molecular complexity index is 411. The number of aryl methyl sites for hydroxylation is 1. The SMILES string of the molecule is CCC(C)C(N)C(=O)NCC(C)Cn1ccnc1C.Cl.Cl. The van der Waals surface area contributed by atoms with E-state index in [1.807, 2.05) is 27.0 Å². The molecular weight excluding hydrogens is 311 g/mol. The van der Waals surface area contributed by atoms with Gasteiger partial charge in [0.15, 0.2) is 0 Å². The summed E-state index contributed by atoms with van der Waals surface area (Å²) in [6.45, 7) is 9.62. The summed E-state index contributed by atoms with van der Waals surface area (Å²) in [7, 11) is 0. The van der Waals surface area contributed by atoms with Crippen LogP contribution in [0.3, 0.4) is 0 Å². The minimum atomic E-state index is -0.410. The molecule has 124 valence electrons. The average molecular weight is 339 g/mol. The van der Waals surface area contributed by atoms with Gasteiger partial charge in [0.25, 0.3) is 0 Å². The zero-order chi connectivity index (χ0) is 14.4. The summed E-state index contributed by atoms with van der Waals surface area (Å²) in [5, 5.41) is 2.93. The van der Waals surface area contributed by atoms with E-state index in [1.165, 1.54) is 0 Å². The van der Waals surface area contributed by atoms with Gasteiger partial charge in [-0.05, 0) is 18.8 Å². The van der Waals surface area contributed by atoms with Crippen molar-refractivity contribution in [3.05, 3.63) is 18.2 Å². The normalized spacial score (nSPS) is 14.3. The predicted molar refractivity (Wildman–Crippen MR) is 91.1 cm³/mol. The van der Waals surface area contributed by atoms with E-state index in [0.717, 1.165) is 18.8 Å². The topological polar surface area (TPSA) is 72.9 Å². The largest absolute Gasteiger partial charge is 0.354 e. The number of hydrogen-bond donors (Lipinski definition) is 2. The minimum Gasteiger partial charge on any atom is -0.354 e. The predicted octanol–water partition coefficient (Wildman–Crippen LogP) is 2.16. The monoisotopic (exact) mass is 338 g/mol. The zero-order valence-corrected chi connectivity index (χ0v) is 14.8. The number of nitrogens with two attached hydrogens (primary N) is 1. The lowest BCUT2D eigenvalue weighted by Crippen LogP contribution is -2.46. The second-order valence-electron chi connectivity index (χ2n) is 5.39. The molecule has 0 bridgehead atoms. The van der Waals surface area contributed by atoms with Crippen LogP contribution in [-0.2, 0) is 11.3 Å². The Morgan fingerprint density at radius 3 is 2.52 bits per heavy atom. The molecule has 1 amide bonds. The van der Waals surface area contributed by atoms with Gasteiger partial charge in [-0.25, -0.2) is 4.98 Å². The van der Waals surface area contributed by atoms with Gasteiger partial charge in [0.2, 0.25) is 5.91 Å². The number of carbonyl (C=O) groups is 1. The number of nitrogens with zero attached hydrogens (tertiary/aromatic N) is 2. The van der Waals surface area contributed by atoms with Gasteiger partial charge in [-0.3, -0.25) is 4.79 Å².